The van der Waals surface area contributed by atoms with Crippen molar-refractivity contribution >= 4 is 0 Å². The summed E-state index contributed by atoms with van der Waals surface area (Å²) in [6.07, 6.45) is -2.04. The summed E-state index contributed by atoms with van der Waals surface area (Å²) in [5, 5.41) is 6.25. The molecule has 3 nitrogen and oxygen atoms in total. The van der Waals surface area contributed by atoms with Gasteiger partial charge in [-0.05, 0) is 35.1 Å². The van der Waals surface area contributed by atoms with E-state index in [-0.39, 0.29) is 11.3 Å². The predicted molar refractivity (Wildman–Crippen MR) is 116 cm³/mol. The van der Waals surface area contributed by atoms with Crippen molar-refractivity contribution in [2.75, 3.05) is 0 Å². The summed E-state index contributed by atoms with van der Waals surface area (Å²) < 4.78 is 41.1. The van der Waals surface area contributed by atoms with Crippen LogP contribution in [0.4, 0.5) is 13.2 Å². The molecule has 2 heterocycles. The molecule has 0 unspecified atom stereocenters. The smallest absolute Gasteiger partial charge is 0.272 e. The van der Waals surface area contributed by atoms with Gasteiger partial charge in [-0.2, -0.15) is 18.3 Å². The van der Waals surface area contributed by atoms with Gasteiger partial charge < -0.3 is 0 Å². The second-order valence-electron chi connectivity index (χ2n) is 7.88. The van der Waals surface area contributed by atoms with Crippen LogP contribution in [-0.2, 0) is 12.6 Å². The first-order chi connectivity index (χ1) is 14.8. The average molecular weight is 421 g/mol. The van der Waals surface area contributed by atoms with E-state index in [9.17, 15) is 13.2 Å². The van der Waals surface area contributed by atoms with Crippen molar-refractivity contribution in [3.8, 4) is 33.6 Å². The van der Waals surface area contributed by atoms with Gasteiger partial charge in [0.2, 0.25) is 0 Å². The molecule has 158 valence electrons. The van der Waals surface area contributed by atoms with E-state index in [1.807, 2.05) is 36.4 Å². The number of hydrogen-bond donors (Lipinski definition) is 1. The zero-order valence-corrected chi connectivity index (χ0v) is 17.2. The topological polar surface area (TPSA) is 41.6 Å². The molecule has 2 aromatic carbocycles. The van der Waals surface area contributed by atoms with E-state index in [2.05, 4.69) is 29.0 Å². The van der Waals surface area contributed by atoms with Crippen LogP contribution < -0.4 is 0 Å². The molecule has 0 aliphatic carbocycles. The van der Waals surface area contributed by atoms with Gasteiger partial charge in [-0.25, -0.2) is 0 Å². The number of aromatic amines is 1. The fourth-order valence-corrected chi connectivity index (χ4v) is 3.73. The second kappa shape index (κ2) is 8.38. The van der Waals surface area contributed by atoms with E-state index < -0.39 is 11.9 Å². The lowest BCUT2D eigenvalue weighted by atomic mass is 9.93. The Hall–Kier alpha value is -3.41. The molecular weight excluding hydrogens is 399 g/mol. The Morgan fingerprint density at radius 2 is 1.52 bits per heavy atom. The van der Waals surface area contributed by atoms with E-state index in [1.54, 1.807) is 36.5 Å². The van der Waals surface area contributed by atoms with Crippen LogP contribution in [0.15, 0.2) is 72.9 Å². The predicted octanol–water partition coefficient (Wildman–Crippen LogP) is 7.02. The Balaban J connectivity index is 1.90. The lowest BCUT2D eigenvalue weighted by molar-refractivity contribution is -0.140. The Morgan fingerprint density at radius 1 is 0.903 bits per heavy atom. The van der Waals surface area contributed by atoms with Crippen LogP contribution in [-0.4, -0.2) is 15.2 Å². The average Bonchev–Trinajstić information content (AvgIpc) is 3.20. The minimum atomic E-state index is -4.55. The zero-order valence-electron chi connectivity index (χ0n) is 17.2. The van der Waals surface area contributed by atoms with Gasteiger partial charge in [0.1, 0.15) is 11.4 Å². The molecule has 4 rings (SSSR count). The first-order valence-corrected chi connectivity index (χ1v) is 10.1. The second-order valence-corrected chi connectivity index (χ2v) is 7.88. The molecule has 0 bridgehead atoms. The van der Waals surface area contributed by atoms with Gasteiger partial charge in [0.05, 0.1) is 5.69 Å². The Bertz CT molecular complexity index is 1160. The van der Waals surface area contributed by atoms with Crippen molar-refractivity contribution in [1.29, 1.82) is 0 Å². The lowest BCUT2D eigenvalue weighted by Gasteiger charge is -2.14. The monoisotopic (exact) mass is 421 g/mol. The van der Waals surface area contributed by atoms with Gasteiger partial charge in [-0.3, -0.25) is 10.1 Å². The largest absolute Gasteiger partial charge is 0.433 e. The number of pyridine rings is 1. The van der Waals surface area contributed by atoms with Crippen LogP contribution in [0.1, 0.15) is 25.1 Å². The SMILES string of the molecule is CC(C)Cc1cc(-c2n[nH]c(C(F)(F)F)c2-c2ccccc2)ncc1-c1ccccc1. The molecule has 0 spiro atoms. The third-order valence-electron chi connectivity index (χ3n) is 5.06. The van der Waals surface area contributed by atoms with Crippen molar-refractivity contribution in [1.82, 2.24) is 15.2 Å². The van der Waals surface area contributed by atoms with E-state index in [0.717, 1.165) is 23.1 Å². The highest BCUT2D eigenvalue weighted by Gasteiger charge is 2.38. The highest BCUT2D eigenvalue weighted by molar-refractivity contribution is 5.82. The summed E-state index contributed by atoms with van der Waals surface area (Å²) in [4.78, 5) is 4.52. The van der Waals surface area contributed by atoms with Crippen LogP contribution in [0.25, 0.3) is 33.6 Å². The van der Waals surface area contributed by atoms with Crippen LogP contribution in [0.5, 0.6) is 0 Å². The molecule has 0 aliphatic rings. The Morgan fingerprint density at radius 3 is 2.10 bits per heavy atom. The lowest BCUT2D eigenvalue weighted by Crippen LogP contribution is -2.07. The quantitative estimate of drug-likeness (QED) is 0.376. The summed E-state index contributed by atoms with van der Waals surface area (Å²) >= 11 is 0. The van der Waals surface area contributed by atoms with Gasteiger partial charge in [-0.15, -0.1) is 0 Å². The summed E-state index contributed by atoms with van der Waals surface area (Å²) in [5.41, 5.74) is 3.24. The maximum Gasteiger partial charge on any atom is 0.433 e. The van der Waals surface area contributed by atoms with Crippen LogP contribution >= 0.6 is 0 Å². The summed E-state index contributed by atoms with van der Waals surface area (Å²) in [5.74, 6) is 0.372. The molecule has 0 fully saturated rings. The summed E-state index contributed by atoms with van der Waals surface area (Å²) in [6.45, 7) is 4.22. The molecule has 0 aliphatic heterocycles. The molecule has 0 saturated carbocycles. The summed E-state index contributed by atoms with van der Waals surface area (Å²) in [7, 11) is 0. The molecule has 2 aromatic heterocycles. The fraction of sp³-hybridized carbons (Fsp3) is 0.200. The maximum atomic E-state index is 13.7. The molecule has 1 N–H and O–H groups in total. The number of rotatable bonds is 5. The number of H-pyrrole nitrogens is 1. The van der Waals surface area contributed by atoms with Crippen LogP contribution in [0, 0.1) is 5.92 Å². The van der Waals surface area contributed by atoms with E-state index >= 15 is 0 Å². The van der Waals surface area contributed by atoms with Crippen LogP contribution in [0.3, 0.4) is 0 Å². The van der Waals surface area contributed by atoms with Crippen molar-refractivity contribution in [3.05, 3.63) is 84.2 Å². The molecule has 0 saturated heterocycles. The first kappa shape index (κ1) is 20.8. The minimum Gasteiger partial charge on any atom is -0.272 e. The number of nitrogens with zero attached hydrogens (tertiary/aromatic N) is 2. The summed E-state index contributed by atoms with van der Waals surface area (Å²) in [6, 6.07) is 20.2. The number of hydrogen-bond acceptors (Lipinski definition) is 2. The zero-order chi connectivity index (χ0) is 22.0. The molecule has 4 aromatic rings. The van der Waals surface area contributed by atoms with Gasteiger partial charge >= 0.3 is 6.18 Å². The minimum absolute atomic E-state index is 0.0172. The van der Waals surface area contributed by atoms with E-state index in [4.69, 9.17) is 0 Å². The fourth-order valence-electron chi connectivity index (χ4n) is 3.73. The number of aromatic nitrogens is 3. The molecule has 6 heteroatoms. The van der Waals surface area contributed by atoms with E-state index in [1.165, 1.54) is 0 Å². The molecule has 0 amide bonds. The van der Waals surface area contributed by atoms with Gasteiger partial charge in [0.15, 0.2) is 0 Å². The standard InChI is InChI=1S/C25H22F3N3/c1-16(2)13-19-14-21(29-15-20(19)17-9-5-3-6-10-17)23-22(18-11-7-4-8-12-18)24(31-30-23)25(26,27)28/h3-12,14-16H,13H2,1-2H3,(H,30,31). The highest BCUT2D eigenvalue weighted by Crippen LogP contribution is 2.41. The van der Waals surface area contributed by atoms with Crippen LogP contribution in [0.2, 0.25) is 0 Å². The number of benzene rings is 2. The molecule has 31 heavy (non-hydrogen) atoms. The highest BCUT2D eigenvalue weighted by atomic mass is 19.4. The number of nitrogens with one attached hydrogen (secondary N) is 1. The third-order valence-corrected chi connectivity index (χ3v) is 5.06. The number of halogens is 3. The first-order valence-electron chi connectivity index (χ1n) is 10.1. The van der Waals surface area contributed by atoms with Gasteiger partial charge in [-0.1, -0.05) is 74.5 Å². The Kier molecular flexibility index (Phi) is 5.63. The van der Waals surface area contributed by atoms with Crippen molar-refractivity contribution in [3.63, 3.8) is 0 Å². The van der Waals surface area contributed by atoms with Crippen molar-refractivity contribution in [2.45, 2.75) is 26.4 Å². The van der Waals surface area contributed by atoms with Gasteiger partial charge in [0, 0.05) is 17.3 Å². The normalized spacial score (nSPS) is 11.8. The Labute approximate surface area is 179 Å². The van der Waals surface area contributed by atoms with Crippen molar-refractivity contribution < 1.29 is 13.2 Å². The molecule has 0 radical (unpaired) electrons. The number of alkyl halides is 3. The molecule has 0 atom stereocenters. The molecular formula is C25H22F3N3. The maximum absolute atomic E-state index is 13.7. The third kappa shape index (κ3) is 4.38. The van der Waals surface area contributed by atoms with Gasteiger partial charge in [0.25, 0.3) is 0 Å². The van der Waals surface area contributed by atoms with Crippen molar-refractivity contribution in [2.24, 2.45) is 5.92 Å². The van der Waals surface area contributed by atoms with E-state index in [0.29, 0.717) is 17.2 Å².